The number of rotatable bonds is 10. The predicted octanol–water partition coefficient (Wildman–Crippen LogP) is 11.8. The van der Waals surface area contributed by atoms with E-state index >= 15 is 0 Å². The average molecular weight is 1190 g/mol. The van der Waals surface area contributed by atoms with E-state index in [-0.39, 0.29) is 11.8 Å². The lowest BCUT2D eigenvalue weighted by atomic mass is 9.88. The molecule has 8 fully saturated rings. The highest BCUT2D eigenvalue weighted by atomic mass is 32.1. The highest BCUT2D eigenvalue weighted by Crippen LogP contribution is 2.47. The van der Waals surface area contributed by atoms with E-state index in [2.05, 4.69) is 140 Å². The van der Waals surface area contributed by atoms with E-state index in [1.54, 1.807) is 22.7 Å². The minimum absolute atomic E-state index is 0.111. The topological polar surface area (TPSA) is 147 Å². The van der Waals surface area contributed by atoms with E-state index in [0.717, 1.165) is 135 Å². The van der Waals surface area contributed by atoms with E-state index in [0.29, 0.717) is 74.2 Å². The van der Waals surface area contributed by atoms with Gasteiger partial charge in [-0.3, -0.25) is 24.1 Å². The third-order valence-corrected chi connectivity index (χ3v) is 23.0. The third kappa shape index (κ3) is 12.4. The second kappa shape index (κ2) is 25.0. The second-order valence-electron chi connectivity index (χ2n) is 27.2. The molecule has 8 aliphatic rings. The highest BCUT2D eigenvalue weighted by Gasteiger charge is 2.49. The number of likely N-dealkylation sites (tertiary alicyclic amines) is 1. The molecule has 16 heteroatoms. The lowest BCUT2D eigenvalue weighted by molar-refractivity contribution is -0.141. The Balaban J connectivity index is 0.000000143. The molecule has 14 rings (SSSR count). The predicted molar refractivity (Wildman–Crippen MR) is 342 cm³/mol. The van der Waals surface area contributed by atoms with Crippen LogP contribution in [0.5, 0.6) is 0 Å². The summed E-state index contributed by atoms with van der Waals surface area (Å²) in [7, 11) is 0. The van der Waals surface area contributed by atoms with Crippen molar-refractivity contribution in [2.45, 2.75) is 174 Å². The number of ether oxygens (including phenoxy) is 2. The average Bonchev–Trinajstić information content (AvgIpc) is 3.12. The summed E-state index contributed by atoms with van der Waals surface area (Å²) >= 11 is 3.49. The van der Waals surface area contributed by atoms with Crippen molar-refractivity contribution >= 4 is 66.7 Å². The van der Waals surface area contributed by atoms with Crippen LogP contribution in [0.1, 0.15) is 142 Å². The lowest BCUT2D eigenvalue weighted by Crippen LogP contribution is -2.46. The Bertz CT molecular complexity index is 3270. The van der Waals surface area contributed by atoms with Gasteiger partial charge in [-0.2, -0.15) is 0 Å². The molecule has 0 unspecified atom stereocenters. The molecule has 0 spiro atoms. The number of morpholine rings is 2. The van der Waals surface area contributed by atoms with Crippen molar-refractivity contribution in [3.8, 4) is 22.5 Å². The number of H-pyrrole nitrogens is 2. The first-order valence-electron chi connectivity index (χ1n) is 32.2. The minimum Gasteiger partial charge on any atom is -0.378 e. The number of nitrogens with zero attached hydrogens (tertiary/aromatic N) is 5. The maximum atomic E-state index is 14.0. The summed E-state index contributed by atoms with van der Waals surface area (Å²) in [5.41, 5.74) is 10.2. The highest BCUT2D eigenvalue weighted by molar-refractivity contribution is 7.19. The molecule has 8 saturated heterocycles. The van der Waals surface area contributed by atoms with Gasteiger partial charge >= 0.3 is 0 Å². The van der Waals surface area contributed by atoms with Crippen LogP contribution in [0.2, 0.25) is 0 Å². The van der Waals surface area contributed by atoms with Crippen LogP contribution < -0.4 is 5.32 Å². The number of aromatic amines is 2. The fourth-order valence-electron chi connectivity index (χ4n) is 15.4. The zero-order valence-electron chi connectivity index (χ0n) is 51.8. The summed E-state index contributed by atoms with van der Waals surface area (Å²) in [6, 6.07) is 22.0. The Labute approximate surface area is 511 Å². The van der Waals surface area contributed by atoms with Crippen molar-refractivity contribution in [3.63, 3.8) is 0 Å². The Morgan fingerprint density at radius 1 is 0.506 bits per heavy atom. The lowest BCUT2D eigenvalue weighted by Gasteiger charge is -2.35. The SMILES string of the molecule is Cc1cc(C)cc(-c2[nH]c3sc(C(C)(C)C(=O)N4C5CCC4CC5)cc3c2CN2CCC(C(=O)N3CCOCC3)CC2)c1.Cc1cc(C)cc(-c2cc3cc(C(C)(C)C(=O)N4C5CCC4CC5)sc3[nH]2)c1.O=C(C1CCNCC1)N1CCOCC1. The van der Waals surface area contributed by atoms with Gasteiger partial charge in [0.25, 0.3) is 0 Å². The summed E-state index contributed by atoms with van der Waals surface area (Å²) in [5, 5.41) is 5.73. The summed E-state index contributed by atoms with van der Waals surface area (Å²) in [6.45, 7) is 27.4. The number of piperidine rings is 2. The number of hydrogen-bond acceptors (Lipinski definition) is 10. The van der Waals surface area contributed by atoms with Crippen LogP contribution in [0.3, 0.4) is 0 Å². The van der Waals surface area contributed by atoms with Crippen molar-refractivity contribution in [2.24, 2.45) is 11.8 Å². The van der Waals surface area contributed by atoms with Gasteiger partial charge in [0.05, 0.1) is 43.0 Å². The first kappa shape index (κ1) is 59.9. The van der Waals surface area contributed by atoms with E-state index in [9.17, 15) is 19.2 Å². The Hall–Kier alpha value is -5.36. The Kier molecular flexibility index (Phi) is 17.6. The van der Waals surface area contributed by atoms with Crippen LogP contribution >= 0.6 is 22.7 Å². The number of aryl methyl sites for hydroxylation is 4. The third-order valence-electron chi connectivity index (χ3n) is 20.3. The molecular formula is C69H92N8O6S2. The van der Waals surface area contributed by atoms with Gasteiger partial charge in [-0.25, -0.2) is 0 Å². The van der Waals surface area contributed by atoms with Gasteiger partial charge < -0.3 is 44.4 Å². The van der Waals surface area contributed by atoms with Crippen LogP contribution in [-0.4, -0.2) is 161 Å². The molecule has 0 atom stereocenters. The molecule has 2 aromatic carbocycles. The molecule has 0 radical (unpaired) electrons. The van der Waals surface area contributed by atoms with E-state index in [4.69, 9.17) is 9.47 Å². The maximum absolute atomic E-state index is 14.0. The quantitative estimate of drug-likeness (QED) is 0.123. The van der Waals surface area contributed by atoms with Crippen LogP contribution in [0.15, 0.2) is 54.6 Å². The fourth-order valence-corrected chi connectivity index (χ4v) is 17.8. The first-order chi connectivity index (χ1) is 40.9. The largest absolute Gasteiger partial charge is 0.378 e. The number of aromatic nitrogens is 2. The number of hydrogen-bond donors (Lipinski definition) is 3. The molecule has 6 aromatic rings. The molecule has 12 heterocycles. The number of thiophene rings is 2. The number of nitrogens with one attached hydrogen (secondary N) is 3. The smallest absolute Gasteiger partial charge is 0.233 e. The standard InChI is InChI=1S/C35H46N4O3S.C24H28N2OS.C10H18N2O2/c1-22-17-23(2)19-25(18-22)31-29(21-37-11-9-24(10-12-37)33(40)38-13-15-42-16-14-38)28-20-30(43-32(28)36-31)35(3,4)34(41)39-26-5-6-27(39)8-7-26;1-14-9-15(2)11-16(10-14)20-12-17-13-21(28-22(17)25-20)24(3,4)23(27)26-18-5-6-19(26)8-7-18;13-10(9-1-3-11-4-2-9)12-5-7-14-8-6-12/h17-20,24,26-27,36H,5-16,21H2,1-4H3;9-13,18-19,25H,5-8H2,1-4H3;9,11H,1-8H2. The Morgan fingerprint density at radius 3 is 1.41 bits per heavy atom. The molecule has 8 aliphatic heterocycles. The molecular weight excluding hydrogens is 1100 g/mol. The zero-order valence-corrected chi connectivity index (χ0v) is 53.5. The fraction of sp³-hybridized carbons (Fsp3) is 0.594. The molecule has 456 valence electrons. The molecule has 4 aromatic heterocycles. The van der Waals surface area contributed by atoms with Crippen molar-refractivity contribution in [1.29, 1.82) is 0 Å². The summed E-state index contributed by atoms with van der Waals surface area (Å²) in [5.74, 6) is 1.63. The van der Waals surface area contributed by atoms with Crippen molar-refractivity contribution in [2.75, 3.05) is 78.8 Å². The van der Waals surface area contributed by atoms with Gasteiger partial charge in [-0.1, -0.05) is 34.4 Å². The number of carbonyl (C=O) groups excluding carboxylic acids is 4. The van der Waals surface area contributed by atoms with Gasteiger partial charge in [0, 0.05) is 101 Å². The van der Waals surface area contributed by atoms with Gasteiger partial charge in [-0.15, -0.1) is 22.7 Å². The van der Waals surface area contributed by atoms with Crippen LogP contribution in [0, 0.1) is 39.5 Å². The molecule has 4 amide bonds. The van der Waals surface area contributed by atoms with Crippen molar-refractivity contribution < 1.29 is 28.7 Å². The molecule has 14 nitrogen and oxygen atoms in total. The second-order valence-corrected chi connectivity index (χ2v) is 29.3. The van der Waals surface area contributed by atoms with E-state index < -0.39 is 10.8 Å². The van der Waals surface area contributed by atoms with E-state index in [1.807, 2.05) is 9.80 Å². The minimum atomic E-state index is -0.550. The van der Waals surface area contributed by atoms with Crippen LogP contribution in [0.25, 0.3) is 42.9 Å². The maximum Gasteiger partial charge on any atom is 0.233 e. The molecule has 4 bridgehead atoms. The molecule has 0 saturated carbocycles. The van der Waals surface area contributed by atoms with Crippen molar-refractivity contribution in [1.82, 2.24) is 39.8 Å². The van der Waals surface area contributed by atoms with Crippen LogP contribution in [-0.2, 0) is 46.0 Å². The summed E-state index contributed by atoms with van der Waals surface area (Å²) in [6.07, 6.45) is 13.2. The first-order valence-corrected chi connectivity index (χ1v) is 33.8. The molecule has 3 N–H and O–H groups in total. The molecule has 0 aliphatic carbocycles. The number of fused-ring (bicyclic) bond motifs is 6. The summed E-state index contributed by atoms with van der Waals surface area (Å²) in [4.78, 5) is 75.5. The number of carbonyl (C=O) groups is 4. The number of benzene rings is 2. The Morgan fingerprint density at radius 2 is 0.941 bits per heavy atom. The van der Waals surface area contributed by atoms with E-state index in [1.165, 1.54) is 81.1 Å². The van der Waals surface area contributed by atoms with Crippen LogP contribution in [0.4, 0.5) is 0 Å². The zero-order chi connectivity index (χ0) is 59.3. The van der Waals surface area contributed by atoms with Gasteiger partial charge in [-0.05, 0) is 212 Å². The van der Waals surface area contributed by atoms with Gasteiger partial charge in [0.2, 0.25) is 23.6 Å². The van der Waals surface area contributed by atoms with Gasteiger partial charge in [0.15, 0.2) is 0 Å². The van der Waals surface area contributed by atoms with Gasteiger partial charge in [0.1, 0.15) is 9.66 Å². The monoisotopic (exact) mass is 1190 g/mol. The molecule has 85 heavy (non-hydrogen) atoms. The number of amides is 4. The normalized spacial score (nSPS) is 23.2. The van der Waals surface area contributed by atoms with Crippen molar-refractivity contribution in [3.05, 3.63) is 92.2 Å². The summed E-state index contributed by atoms with van der Waals surface area (Å²) < 4.78 is 10.7.